The number of furan rings is 2. The molecule has 0 N–H and O–H groups in total. The van der Waals surface area contributed by atoms with Gasteiger partial charge in [-0.3, -0.25) is 0 Å². The van der Waals surface area contributed by atoms with Crippen molar-refractivity contribution in [1.29, 1.82) is 0 Å². The van der Waals surface area contributed by atoms with Crippen molar-refractivity contribution in [2.45, 2.75) is 0 Å². The minimum atomic E-state index is -0.461. The predicted octanol–water partition coefficient (Wildman–Crippen LogP) is 27.3. The lowest BCUT2D eigenvalue weighted by atomic mass is 10.0. The third kappa shape index (κ3) is 11.1. The van der Waals surface area contributed by atoms with Crippen molar-refractivity contribution >= 4 is 122 Å². The molecule has 0 atom stereocenters. The highest BCUT2D eigenvalue weighted by Crippen LogP contribution is 2.45. The molecule has 492 valence electrons. The fourth-order valence-electron chi connectivity index (χ4n) is 14.6. The van der Waals surface area contributed by atoms with Gasteiger partial charge in [-0.25, -0.2) is 8.78 Å². The summed E-state index contributed by atoms with van der Waals surface area (Å²) in [5.41, 5.74) is 19.4. The van der Waals surface area contributed by atoms with E-state index in [9.17, 15) is 8.78 Å². The van der Waals surface area contributed by atoms with Crippen LogP contribution in [0.25, 0.3) is 143 Å². The second kappa shape index (κ2) is 25.7. The molecular weight excluding hydrogens is 1280 g/mol. The van der Waals surface area contributed by atoms with Crippen molar-refractivity contribution in [3.05, 3.63) is 388 Å². The van der Waals surface area contributed by atoms with Crippen molar-refractivity contribution in [2.75, 3.05) is 9.80 Å². The predicted molar refractivity (Wildman–Crippen MR) is 427 cm³/mol. The molecule has 0 radical (unpaired) electrons. The number of rotatable bonds is 12. The molecular formula is C96H62F2N4O2. The Morgan fingerprint density at radius 2 is 0.510 bits per heavy atom. The van der Waals surface area contributed by atoms with Crippen LogP contribution in [-0.4, -0.2) is 9.13 Å². The van der Waals surface area contributed by atoms with Gasteiger partial charge in [-0.15, -0.1) is 0 Å². The van der Waals surface area contributed by atoms with E-state index in [-0.39, 0.29) is 46.9 Å². The number of hydrogen-bond donors (Lipinski definition) is 0. The van der Waals surface area contributed by atoms with Crippen LogP contribution in [0.2, 0.25) is 0 Å². The summed E-state index contributed by atoms with van der Waals surface area (Å²) in [5.74, 6) is -0.519. The zero-order valence-corrected chi connectivity index (χ0v) is 55.4. The molecule has 20 aromatic rings. The van der Waals surface area contributed by atoms with Gasteiger partial charge < -0.3 is 27.8 Å². The third-order valence-corrected chi connectivity index (χ3v) is 19.5. The maximum Gasteiger partial charge on any atom is 0.137 e. The summed E-state index contributed by atoms with van der Waals surface area (Å²) >= 11 is 0. The maximum absolute atomic E-state index is 13.6. The molecule has 4 heterocycles. The van der Waals surface area contributed by atoms with Crippen LogP contribution < -0.4 is 9.80 Å². The average molecular weight is 1350 g/mol. The van der Waals surface area contributed by atoms with Gasteiger partial charge in [0.25, 0.3) is 0 Å². The quantitative estimate of drug-likeness (QED) is 0.122. The first-order valence-electron chi connectivity index (χ1n) is 39.1. The van der Waals surface area contributed by atoms with Gasteiger partial charge in [0.2, 0.25) is 0 Å². The van der Waals surface area contributed by atoms with Gasteiger partial charge in [-0.2, -0.15) is 0 Å². The van der Waals surface area contributed by atoms with Crippen LogP contribution in [0, 0.1) is 11.6 Å². The summed E-state index contributed by atoms with van der Waals surface area (Å²) in [6, 6.07) is 98.6. The minimum absolute atomic E-state index is 0.0936. The van der Waals surface area contributed by atoms with E-state index in [0.29, 0.717) is 33.7 Å². The highest BCUT2D eigenvalue weighted by Gasteiger charge is 2.22. The lowest BCUT2D eigenvalue weighted by Crippen LogP contribution is -2.09. The van der Waals surface area contributed by atoms with Crippen molar-refractivity contribution in [3.8, 4) is 55.9 Å². The molecule has 16 aromatic carbocycles. The van der Waals surface area contributed by atoms with Gasteiger partial charge in [0.1, 0.15) is 34.0 Å². The molecule has 0 saturated carbocycles. The number of halogens is 2. The largest absolute Gasteiger partial charge is 0.456 e. The normalized spacial score (nSPS) is 12.9. The summed E-state index contributed by atoms with van der Waals surface area (Å²) in [7, 11) is 0. The van der Waals surface area contributed by atoms with E-state index in [1.54, 1.807) is 72.8 Å². The Morgan fingerprint density at radius 1 is 0.231 bits per heavy atom. The van der Waals surface area contributed by atoms with E-state index in [0.717, 1.165) is 111 Å². The SMILES string of the molecule is Fc1ccc(-c2ccc(N(c3ccc(-c4ccc(F)cc4)cc3)c3ccc4c(c3)oc3ccc(-n5c6ccccc6c6ccccc65)cc34)cc2)cc1.[2H]c1c([2H])c([2H])c(-c2ccc(N(c3ccc(-c4c([2H])c([2H])c([2H])c([2H])c4[2H])cc3)c3ccc4c(c3)oc3ccc(-n5c6ccccc6c6ccccc65)cc34)cc2)c([2H])c1[2H]. The Morgan fingerprint density at radius 3 is 0.827 bits per heavy atom. The molecule has 8 heteroatoms. The van der Waals surface area contributed by atoms with E-state index in [1.165, 1.54) is 45.8 Å². The van der Waals surface area contributed by atoms with Gasteiger partial charge in [0.05, 0.1) is 35.8 Å². The highest BCUT2D eigenvalue weighted by molar-refractivity contribution is 6.13. The Kier molecular flexibility index (Phi) is 12.7. The topological polar surface area (TPSA) is 42.6 Å². The second-order valence-corrected chi connectivity index (χ2v) is 25.5. The molecule has 6 nitrogen and oxygen atoms in total. The molecule has 104 heavy (non-hydrogen) atoms. The number of para-hydroxylation sites is 4. The molecule has 0 aliphatic heterocycles. The highest BCUT2D eigenvalue weighted by atomic mass is 19.1. The van der Waals surface area contributed by atoms with Gasteiger partial charge in [-0.1, -0.05) is 206 Å². The lowest BCUT2D eigenvalue weighted by Gasteiger charge is -2.26. The molecule has 0 aliphatic rings. The summed E-state index contributed by atoms with van der Waals surface area (Å²) in [4.78, 5) is 4.16. The maximum atomic E-state index is 13.6. The molecule has 0 unspecified atom stereocenters. The zero-order chi connectivity index (χ0) is 77.9. The van der Waals surface area contributed by atoms with Gasteiger partial charge in [0, 0.05) is 101 Å². The molecule has 20 rings (SSSR count). The molecule has 0 spiro atoms. The summed E-state index contributed by atoms with van der Waals surface area (Å²) < 4.78 is 128. The van der Waals surface area contributed by atoms with Crippen LogP contribution in [0.1, 0.15) is 13.7 Å². The number of anilines is 6. The lowest BCUT2D eigenvalue weighted by molar-refractivity contribution is 0.627. The average Bonchev–Trinajstić information content (AvgIpc) is 1.52. The van der Waals surface area contributed by atoms with Crippen LogP contribution in [0.3, 0.4) is 0 Å². The van der Waals surface area contributed by atoms with Crippen molar-refractivity contribution in [2.24, 2.45) is 0 Å². The second-order valence-electron chi connectivity index (χ2n) is 25.5. The van der Waals surface area contributed by atoms with E-state index in [4.69, 9.17) is 22.5 Å². The van der Waals surface area contributed by atoms with Crippen LogP contribution in [-0.2, 0) is 0 Å². The zero-order valence-electron chi connectivity index (χ0n) is 65.4. The summed E-state index contributed by atoms with van der Waals surface area (Å²) in [5, 5.41) is 8.72. The first kappa shape index (κ1) is 51.4. The fraction of sp³-hybridized carbons (Fsp3) is 0. The van der Waals surface area contributed by atoms with Crippen LogP contribution in [0.5, 0.6) is 0 Å². The van der Waals surface area contributed by atoms with Crippen molar-refractivity contribution < 1.29 is 31.3 Å². The van der Waals surface area contributed by atoms with Crippen LogP contribution >= 0.6 is 0 Å². The molecule has 0 fully saturated rings. The summed E-state index contributed by atoms with van der Waals surface area (Å²) in [6.45, 7) is 0. The van der Waals surface area contributed by atoms with Gasteiger partial charge >= 0.3 is 0 Å². The van der Waals surface area contributed by atoms with Crippen molar-refractivity contribution in [3.63, 3.8) is 0 Å². The first-order valence-corrected chi connectivity index (χ1v) is 34.1. The van der Waals surface area contributed by atoms with E-state index >= 15 is 0 Å². The molecule has 4 aromatic heterocycles. The Hall–Kier alpha value is -13.8. The number of aromatic nitrogens is 2. The molecule has 0 amide bonds. The third-order valence-electron chi connectivity index (χ3n) is 19.5. The summed E-state index contributed by atoms with van der Waals surface area (Å²) in [6.07, 6.45) is 0. The number of fused-ring (bicyclic) bond motifs is 12. The van der Waals surface area contributed by atoms with E-state index < -0.39 is 36.3 Å². The monoisotopic (exact) mass is 1350 g/mol. The Bertz CT molecular complexity index is 6880. The number of hydrogen-bond acceptors (Lipinski definition) is 4. The van der Waals surface area contributed by atoms with Crippen molar-refractivity contribution in [1.82, 2.24) is 9.13 Å². The molecule has 0 saturated heterocycles. The Balaban J connectivity index is 0.000000154. The molecule has 0 bridgehead atoms. The molecule has 0 aliphatic carbocycles. The van der Waals surface area contributed by atoms with Gasteiger partial charge in [0.15, 0.2) is 0 Å². The van der Waals surface area contributed by atoms with Crippen LogP contribution in [0.15, 0.2) is 385 Å². The smallest absolute Gasteiger partial charge is 0.137 e. The van der Waals surface area contributed by atoms with E-state index in [2.05, 4.69) is 196 Å². The number of nitrogens with zero attached hydrogens (tertiary/aromatic N) is 4. The number of benzene rings is 16. The minimum Gasteiger partial charge on any atom is -0.456 e. The Labute approximate surface area is 612 Å². The first-order chi connectivity index (χ1) is 55.5. The fourth-order valence-corrected chi connectivity index (χ4v) is 14.6. The standard InChI is InChI=1S/C48H30F2N2O.C48H32N2O/c49-35-17-9-31(10-18-35)33-13-21-37(22-14-33)51(38-23-15-34(16-24-38)32-11-19-36(50)20-12-32)40-25-27-43-44-29-39(26-28-47(44)53-48(43)30-40)52-45-7-3-1-5-41(45)42-6-2-4-8-46(42)52;1-3-11-33(12-4-1)35-19-23-37(24-20-35)49(38-25-21-36(22-26-38)34-13-5-2-6-14-34)40-27-29-43-44-31-39(28-30-47(44)51-48(43)32-40)50-45-17-9-7-15-41(45)42-16-8-10-18-46(42)50/h1-30H;1-32H/i;1D,2D,3D,4D,5D,6D,11D,12D,13D,14D. The van der Waals surface area contributed by atoms with Crippen LogP contribution in [0.4, 0.5) is 42.9 Å². The van der Waals surface area contributed by atoms with E-state index in [1.807, 2.05) is 41.3 Å². The van der Waals surface area contributed by atoms with Gasteiger partial charge in [-0.05, 0) is 202 Å².